The Balaban J connectivity index is 1.48. The fraction of sp³-hybridized carbons (Fsp3) is 0.435. The third kappa shape index (κ3) is 5.09. The molecule has 2 aromatic rings. The largest absolute Gasteiger partial charge is 0.370 e. The predicted molar refractivity (Wildman–Crippen MR) is 128 cm³/mol. The van der Waals surface area contributed by atoms with E-state index in [4.69, 9.17) is 11.6 Å². The molecule has 0 bridgehead atoms. The number of carbonyl (C=O) groups excluding carboxylic acids is 1. The van der Waals surface area contributed by atoms with E-state index in [1.165, 1.54) is 22.9 Å². The summed E-state index contributed by atoms with van der Waals surface area (Å²) in [6, 6.07) is 11.7. The second kappa shape index (κ2) is 9.79. The van der Waals surface area contributed by atoms with E-state index in [9.17, 15) is 13.2 Å². The second-order valence-electron chi connectivity index (χ2n) is 8.40. The van der Waals surface area contributed by atoms with E-state index in [1.807, 2.05) is 19.2 Å². The summed E-state index contributed by atoms with van der Waals surface area (Å²) < 4.78 is 27.5. The maximum Gasteiger partial charge on any atom is 0.255 e. The van der Waals surface area contributed by atoms with Gasteiger partial charge in [-0.25, -0.2) is 8.42 Å². The summed E-state index contributed by atoms with van der Waals surface area (Å²) in [6.07, 6.45) is 3.55. The lowest BCUT2D eigenvalue weighted by atomic mass is 10.1. The van der Waals surface area contributed by atoms with Gasteiger partial charge in [0.2, 0.25) is 10.0 Å². The number of hydrogen-bond donors (Lipinski definition) is 1. The van der Waals surface area contributed by atoms with Crippen LogP contribution in [0.3, 0.4) is 0 Å². The van der Waals surface area contributed by atoms with Gasteiger partial charge in [-0.1, -0.05) is 17.7 Å². The first-order valence-corrected chi connectivity index (χ1v) is 12.8. The Morgan fingerprint density at radius 1 is 0.938 bits per heavy atom. The summed E-state index contributed by atoms with van der Waals surface area (Å²) >= 11 is 6.49. The molecule has 0 atom stereocenters. The van der Waals surface area contributed by atoms with Gasteiger partial charge in [-0.15, -0.1) is 0 Å². The molecule has 0 aliphatic carbocycles. The molecular formula is C23H29ClN4O3S. The molecule has 2 aromatic carbocycles. The van der Waals surface area contributed by atoms with Crippen molar-refractivity contribution in [1.82, 2.24) is 9.21 Å². The number of carbonyl (C=O) groups is 1. The lowest BCUT2D eigenvalue weighted by molar-refractivity contribution is 0.102. The first kappa shape index (κ1) is 23.0. The zero-order valence-electron chi connectivity index (χ0n) is 18.3. The first-order chi connectivity index (χ1) is 15.3. The summed E-state index contributed by atoms with van der Waals surface area (Å²) in [4.78, 5) is 17.3. The van der Waals surface area contributed by atoms with Gasteiger partial charge in [0.05, 0.1) is 15.6 Å². The monoisotopic (exact) mass is 476 g/mol. The van der Waals surface area contributed by atoms with Gasteiger partial charge in [0.25, 0.3) is 5.91 Å². The van der Waals surface area contributed by atoms with Crippen LogP contribution in [0.1, 0.15) is 29.6 Å². The molecule has 2 saturated heterocycles. The highest BCUT2D eigenvalue weighted by Gasteiger charge is 2.28. The quantitative estimate of drug-likeness (QED) is 0.714. The number of rotatable bonds is 5. The van der Waals surface area contributed by atoms with Crippen LogP contribution in [-0.4, -0.2) is 69.8 Å². The molecule has 0 saturated carbocycles. The van der Waals surface area contributed by atoms with Crippen molar-refractivity contribution in [2.75, 3.05) is 56.5 Å². The van der Waals surface area contributed by atoms with Gasteiger partial charge >= 0.3 is 0 Å². The number of amides is 1. The zero-order chi connectivity index (χ0) is 22.7. The molecule has 0 radical (unpaired) electrons. The lowest BCUT2D eigenvalue weighted by Crippen LogP contribution is -2.47. The molecule has 2 aliphatic heterocycles. The molecule has 0 aromatic heterocycles. The number of benzene rings is 2. The fourth-order valence-corrected chi connectivity index (χ4v) is 5.92. The molecule has 1 amide bonds. The van der Waals surface area contributed by atoms with Crippen LogP contribution in [0.5, 0.6) is 0 Å². The number of likely N-dealkylation sites (N-methyl/N-ethyl adjacent to an activating group) is 1. The Bertz CT molecular complexity index is 1080. The van der Waals surface area contributed by atoms with Gasteiger partial charge in [0.1, 0.15) is 0 Å². The van der Waals surface area contributed by atoms with Crippen molar-refractivity contribution in [3.63, 3.8) is 0 Å². The van der Waals surface area contributed by atoms with E-state index in [2.05, 4.69) is 15.1 Å². The van der Waals surface area contributed by atoms with Gasteiger partial charge in [0.15, 0.2) is 0 Å². The normalized spacial score (nSPS) is 18.5. The summed E-state index contributed by atoms with van der Waals surface area (Å²) in [5.74, 6) is -0.373. The van der Waals surface area contributed by atoms with E-state index in [-0.39, 0.29) is 16.4 Å². The highest BCUT2D eigenvalue weighted by Crippen LogP contribution is 2.31. The molecule has 172 valence electrons. The van der Waals surface area contributed by atoms with Gasteiger partial charge in [0, 0.05) is 50.5 Å². The minimum absolute atomic E-state index is 0.133. The van der Waals surface area contributed by atoms with Crippen molar-refractivity contribution in [1.29, 1.82) is 0 Å². The molecular weight excluding hydrogens is 448 g/mol. The minimum atomic E-state index is -3.64. The van der Waals surface area contributed by atoms with E-state index in [0.29, 0.717) is 36.9 Å². The number of anilines is 2. The highest BCUT2D eigenvalue weighted by molar-refractivity contribution is 7.89. The topological polar surface area (TPSA) is 73.0 Å². The molecule has 7 nitrogen and oxygen atoms in total. The summed E-state index contributed by atoms with van der Waals surface area (Å²) in [5.41, 5.74) is 1.84. The van der Waals surface area contributed by atoms with Crippen LogP contribution in [-0.2, 0) is 10.0 Å². The smallest absolute Gasteiger partial charge is 0.255 e. The van der Waals surface area contributed by atoms with Crippen molar-refractivity contribution in [2.45, 2.75) is 24.2 Å². The van der Waals surface area contributed by atoms with E-state index < -0.39 is 10.0 Å². The van der Waals surface area contributed by atoms with Crippen molar-refractivity contribution in [2.24, 2.45) is 0 Å². The van der Waals surface area contributed by atoms with Crippen LogP contribution < -0.4 is 10.2 Å². The lowest BCUT2D eigenvalue weighted by Gasteiger charge is -2.31. The van der Waals surface area contributed by atoms with Gasteiger partial charge in [-0.05, 0) is 62.7 Å². The number of sulfonamides is 1. The predicted octanol–water partition coefficient (Wildman–Crippen LogP) is 3.52. The second-order valence-corrected chi connectivity index (χ2v) is 10.7. The van der Waals surface area contributed by atoms with Crippen molar-refractivity contribution < 1.29 is 13.2 Å². The summed E-state index contributed by atoms with van der Waals surface area (Å²) in [6.45, 7) is 4.23. The summed E-state index contributed by atoms with van der Waals surface area (Å²) in [7, 11) is -1.67. The van der Waals surface area contributed by atoms with Crippen LogP contribution in [0.2, 0.25) is 5.02 Å². The number of nitrogens with zero attached hydrogens (tertiary/aromatic N) is 3. The molecule has 0 spiro atoms. The SMILES string of the molecule is CN1CCN(S(=O)(=O)c2cccc(C(=O)Nc3ccc(N4CCCCC4)c(Cl)c3)c2)CC1. The van der Waals surface area contributed by atoms with Crippen molar-refractivity contribution >= 4 is 38.9 Å². The molecule has 1 N–H and O–H groups in total. The number of halogens is 1. The van der Waals surface area contributed by atoms with E-state index in [0.717, 1.165) is 31.6 Å². The maximum atomic E-state index is 13.0. The number of hydrogen-bond acceptors (Lipinski definition) is 5. The third-order valence-corrected chi connectivity index (χ3v) is 8.30. The average Bonchev–Trinajstić information content (AvgIpc) is 2.80. The Labute approximate surface area is 195 Å². The van der Waals surface area contributed by atoms with Crippen LogP contribution in [0, 0.1) is 0 Å². The molecule has 32 heavy (non-hydrogen) atoms. The fourth-order valence-electron chi connectivity index (χ4n) is 4.15. The Hall–Kier alpha value is -2.13. The molecule has 9 heteroatoms. The zero-order valence-corrected chi connectivity index (χ0v) is 19.8. The van der Waals surface area contributed by atoms with Gasteiger partial charge in [-0.3, -0.25) is 4.79 Å². The Morgan fingerprint density at radius 2 is 1.66 bits per heavy atom. The summed E-state index contributed by atoms with van der Waals surface area (Å²) in [5, 5.41) is 3.43. The van der Waals surface area contributed by atoms with Crippen LogP contribution >= 0.6 is 11.6 Å². The average molecular weight is 477 g/mol. The molecule has 0 unspecified atom stereocenters. The Kier molecular flexibility index (Phi) is 7.05. The van der Waals surface area contributed by atoms with E-state index >= 15 is 0 Å². The minimum Gasteiger partial charge on any atom is -0.370 e. The van der Waals surface area contributed by atoms with Gasteiger partial charge < -0.3 is 15.1 Å². The number of piperazine rings is 1. The van der Waals surface area contributed by atoms with Crippen LogP contribution in [0.25, 0.3) is 0 Å². The highest BCUT2D eigenvalue weighted by atomic mass is 35.5. The molecule has 2 fully saturated rings. The number of nitrogens with one attached hydrogen (secondary N) is 1. The van der Waals surface area contributed by atoms with E-state index in [1.54, 1.807) is 18.2 Å². The molecule has 2 aliphatic rings. The maximum absolute atomic E-state index is 13.0. The third-order valence-electron chi connectivity index (χ3n) is 6.10. The van der Waals surface area contributed by atoms with Crippen molar-refractivity contribution in [3.8, 4) is 0 Å². The number of piperidine rings is 1. The Morgan fingerprint density at radius 3 is 2.34 bits per heavy atom. The first-order valence-electron chi connectivity index (χ1n) is 11.0. The van der Waals surface area contributed by atoms with Crippen LogP contribution in [0.15, 0.2) is 47.4 Å². The standard InChI is InChI=1S/C23H29ClN4O3S/c1-26-12-14-28(15-13-26)32(30,31)20-7-5-6-18(16-20)23(29)25-19-8-9-22(21(24)17-19)27-10-3-2-4-11-27/h5-9,16-17H,2-4,10-15H2,1H3,(H,25,29). The van der Waals surface area contributed by atoms with Crippen LogP contribution in [0.4, 0.5) is 11.4 Å². The van der Waals surface area contributed by atoms with Crippen molar-refractivity contribution in [3.05, 3.63) is 53.1 Å². The molecule has 4 rings (SSSR count). The molecule has 2 heterocycles. The van der Waals surface area contributed by atoms with Gasteiger partial charge in [-0.2, -0.15) is 4.31 Å².